The van der Waals surface area contributed by atoms with Crippen LogP contribution in [0.3, 0.4) is 0 Å². The van der Waals surface area contributed by atoms with Crippen LogP contribution in [0.2, 0.25) is 10.0 Å². The highest BCUT2D eigenvalue weighted by Gasteiger charge is 2.08. The third-order valence-electron chi connectivity index (χ3n) is 3.29. The van der Waals surface area contributed by atoms with Crippen LogP contribution in [0, 0.1) is 6.92 Å². The summed E-state index contributed by atoms with van der Waals surface area (Å²) >= 11 is 13.4. The monoisotopic (exact) mass is 410 g/mol. The molecular formula is C18H16Cl2N2O3S. The van der Waals surface area contributed by atoms with E-state index < -0.39 is 0 Å². The normalized spacial score (nSPS) is 10.7. The molecule has 3 rings (SSSR count). The summed E-state index contributed by atoms with van der Waals surface area (Å²) in [6.07, 6.45) is 0. The molecule has 0 spiro atoms. The second kappa shape index (κ2) is 9.16. The summed E-state index contributed by atoms with van der Waals surface area (Å²) in [4.78, 5) is 0. The fourth-order valence-corrected chi connectivity index (χ4v) is 2.93. The molecule has 0 fully saturated rings. The number of halogens is 2. The molecule has 0 N–H and O–H groups in total. The van der Waals surface area contributed by atoms with E-state index in [0.29, 0.717) is 39.3 Å². The molecule has 3 aromatic rings. The molecule has 0 bridgehead atoms. The van der Waals surface area contributed by atoms with Crippen molar-refractivity contribution >= 4 is 35.0 Å². The average molecular weight is 411 g/mol. The first-order valence-electron chi connectivity index (χ1n) is 7.82. The first-order valence-corrected chi connectivity index (χ1v) is 9.57. The van der Waals surface area contributed by atoms with Crippen molar-refractivity contribution in [3.8, 4) is 11.5 Å². The summed E-state index contributed by atoms with van der Waals surface area (Å²) in [6, 6.07) is 12.9. The van der Waals surface area contributed by atoms with Gasteiger partial charge in [-0.05, 0) is 31.2 Å². The van der Waals surface area contributed by atoms with Gasteiger partial charge in [0, 0.05) is 16.8 Å². The Morgan fingerprint density at radius 2 is 1.85 bits per heavy atom. The number of benzene rings is 2. The number of aryl methyl sites for hydroxylation is 1. The van der Waals surface area contributed by atoms with Gasteiger partial charge in [-0.2, -0.15) is 0 Å². The summed E-state index contributed by atoms with van der Waals surface area (Å²) in [7, 11) is 0. The van der Waals surface area contributed by atoms with Gasteiger partial charge in [-0.25, -0.2) is 0 Å². The van der Waals surface area contributed by atoms with Gasteiger partial charge in [0.1, 0.15) is 11.5 Å². The van der Waals surface area contributed by atoms with Crippen molar-refractivity contribution < 1.29 is 13.9 Å². The van der Waals surface area contributed by atoms with Gasteiger partial charge in [0.15, 0.2) is 6.61 Å². The number of aromatic nitrogens is 2. The van der Waals surface area contributed by atoms with Gasteiger partial charge in [0.25, 0.3) is 11.1 Å². The van der Waals surface area contributed by atoms with Crippen LogP contribution in [0.5, 0.6) is 11.5 Å². The maximum Gasteiger partial charge on any atom is 0.276 e. The number of thioether (sulfide) groups is 1. The SMILES string of the molecule is Cc1ccc(OCc2nnc(SCCOc3cc(Cl)ccc3Cl)o2)cc1. The summed E-state index contributed by atoms with van der Waals surface area (Å²) in [5, 5.41) is 9.52. The predicted molar refractivity (Wildman–Crippen MR) is 102 cm³/mol. The maximum atomic E-state index is 6.04. The van der Waals surface area contributed by atoms with Crippen molar-refractivity contribution in [3.63, 3.8) is 0 Å². The van der Waals surface area contributed by atoms with Crippen molar-refractivity contribution in [3.05, 3.63) is 64.0 Å². The highest BCUT2D eigenvalue weighted by molar-refractivity contribution is 7.99. The molecule has 0 amide bonds. The zero-order valence-electron chi connectivity index (χ0n) is 13.9. The molecule has 26 heavy (non-hydrogen) atoms. The van der Waals surface area contributed by atoms with E-state index in [4.69, 9.17) is 37.1 Å². The lowest BCUT2D eigenvalue weighted by Crippen LogP contribution is -2.00. The van der Waals surface area contributed by atoms with Crippen LogP contribution in [-0.2, 0) is 6.61 Å². The standard InChI is InChI=1S/C18H16Cl2N2O3S/c1-12-2-5-14(6-3-12)24-11-17-21-22-18(25-17)26-9-8-23-16-10-13(19)4-7-15(16)20/h2-7,10H,8-9,11H2,1H3. The Bertz CT molecular complexity index is 856. The van der Waals surface area contributed by atoms with Crippen LogP contribution < -0.4 is 9.47 Å². The molecule has 8 heteroatoms. The van der Waals surface area contributed by atoms with Crippen molar-refractivity contribution in [1.82, 2.24) is 10.2 Å². The molecule has 0 atom stereocenters. The highest BCUT2D eigenvalue weighted by atomic mass is 35.5. The molecule has 0 saturated heterocycles. The molecule has 0 aliphatic heterocycles. The predicted octanol–water partition coefficient (Wildman–Crippen LogP) is 5.43. The highest BCUT2D eigenvalue weighted by Crippen LogP contribution is 2.28. The van der Waals surface area contributed by atoms with Crippen LogP contribution in [0.25, 0.3) is 0 Å². The number of nitrogens with zero attached hydrogens (tertiary/aromatic N) is 2. The first-order chi connectivity index (χ1) is 12.6. The fraction of sp³-hybridized carbons (Fsp3) is 0.222. The Hall–Kier alpha value is -1.89. The minimum Gasteiger partial charge on any atom is -0.491 e. The minimum atomic E-state index is 0.227. The smallest absolute Gasteiger partial charge is 0.276 e. The maximum absolute atomic E-state index is 6.04. The van der Waals surface area contributed by atoms with Crippen molar-refractivity contribution in [1.29, 1.82) is 0 Å². The van der Waals surface area contributed by atoms with Crippen LogP contribution in [-0.4, -0.2) is 22.6 Å². The van der Waals surface area contributed by atoms with E-state index in [-0.39, 0.29) is 6.61 Å². The van der Waals surface area contributed by atoms with E-state index in [9.17, 15) is 0 Å². The number of ether oxygens (including phenoxy) is 2. The fourth-order valence-electron chi connectivity index (χ4n) is 2.00. The third kappa shape index (κ3) is 5.56. The molecule has 2 aromatic carbocycles. The summed E-state index contributed by atoms with van der Waals surface area (Å²) < 4.78 is 16.8. The molecule has 0 aliphatic rings. The minimum absolute atomic E-state index is 0.227. The lowest BCUT2D eigenvalue weighted by Gasteiger charge is -2.07. The van der Waals surface area contributed by atoms with Crippen LogP contribution >= 0.6 is 35.0 Å². The summed E-state index contributed by atoms with van der Waals surface area (Å²) in [5.41, 5.74) is 1.18. The second-order valence-electron chi connectivity index (χ2n) is 5.34. The number of hydrogen-bond acceptors (Lipinski definition) is 6. The molecule has 0 unspecified atom stereocenters. The zero-order valence-corrected chi connectivity index (χ0v) is 16.3. The van der Waals surface area contributed by atoms with E-state index in [2.05, 4.69) is 10.2 Å². The van der Waals surface area contributed by atoms with Crippen LogP contribution in [0.4, 0.5) is 0 Å². The largest absolute Gasteiger partial charge is 0.491 e. The molecule has 0 aliphatic carbocycles. The second-order valence-corrected chi connectivity index (χ2v) is 7.22. The van der Waals surface area contributed by atoms with Crippen molar-refractivity contribution in [2.75, 3.05) is 12.4 Å². The van der Waals surface area contributed by atoms with Crippen molar-refractivity contribution in [2.45, 2.75) is 18.8 Å². The van der Waals surface area contributed by atoms with Gasteiger partial charge in [-0.3, -0.25) is 0 Å². The molecule has 136 valence electrons. The van der Waals surface area contributed by atoms with E-state index in [1.807, 2.05) is 31.2 Å². The molecule has 5 nitrogen and oxygen atoms in total. The van der Waals surface area contributed by atoms with Gasteiger partial charge in [-0.1, -0.05) is 52.7 Å². The third-order valence-corrected chi connectivity index (χ3v) is 4.62. The number of hydrogen-bond donors (Lipinski definition) is 0. The molecule has 0 radical (unpaired) electrons. The zero-order chi connectivity index (χ0) is 18.4. The topological polar surface area (TPSA) is 57.4 Å². The first kappa shape index (κ1) is 18.9. The Labute approximate surface area is 165 Å². The lowest BCUT2D eigenvalue weighted by molar-refractivity contribution is 0.252. The van der Waals surface area contributed by atoms with Crippen LogP contribution in [0.1, 0.15) is 11.5 Å². The molecule has 0 saturated carbocycles. The quantitative estimate of drug-likeness (QED) is 0.364. The van der Waals surface area contributed by atoms with Crippen LogP contribution in [0.15, 0.2) is 52.1 Å². The van der Waals surface area contributed by atoms with E-state index in [0.717, 1.165) is 5.75 Å². The molecular weight excluding hydrogens is 395 g/mol. The Kier molecular flexibility index (Phi) is 6.66. The van der Waals surface area contributed by atoms with E-state index in [1.54, 1.807) is 18.2 Å². The summed E-state index contributed by atoms with van der Waals surface area (Å²) in [6.45, 7) is 2.68. The molecule has 1 aromatic heterocycles. The van der Waals surface area contributed by atoms with Gasteiger partial charge in [-0.15, -0.1) is 10.2 Å². The van der Waals surface area contributed by atoms with Gasteiger partial charge in [0.2, 0.25) is 0 Å². The Morgan fingerprint density at radius 3 is 2.65 bits per heavy atom. The van der Waals surface area contributed by atoms with Gasteiger partial charge >= 0.3 is 0 Å². The van der Waals surface area contributed by atoms with Gasteiger partial charge < -0.3 is 13.9 Å². The summed E-state index contributed by atoms with van der Waals surface area (Å²) in [5.74, 6) is 2.36. The van der Waals surface area contributed by atoms with E-state index in [1.165, 1.54) is 17.3 Å². The lowest BCUT2D eigenvalue weighted by atomic mass is 10.2. The Morgan fingerprint density at radius 1 is 1.04 bits per heavy atom. The van der Waals surface area contributed by atoms with E-state index >= 15 is 0 Å². The average Bonchev–Trinajstić information content (AvgIpc) is 3.09. The Balaban J connectivity index is 1.42. The molecule has 1 heterocycles. The van der Waals surface area contributed by atoms with Gasteiger partial charge in [0.05, 0.1) is 11.6 Å². The van der Waals surface area contributed by atoms with Crippen molar-refractivity contribution in [2.24, 2.45) is 0 Å². The number of rotatable bonds is 8.